The summed E-state index contributed by atoms with van der Waals surface area (Å²) in [5.74, 6) is 2.07. The van der Waals surface area contributed by atoms with Gasteiger partial charge in [-0.3, -0.25) is 4.68 Å². The zero-order chi connectivity index (χ0) is 20.4. The van der Waals surface area contributed by atoms with Crippen LogP contribution in [0.25, 0.3) is 11.3 Å². The summed E-state index contributed by atoms with van der Waals surface area (Å²) in [5, 5.41) is 8.53. The van der Waals surface area contributed by atoms with E-state index in [1.54, 1.807) is 7.11 Å². The second kappa shape index (κ2) is 8.03. The van der Waals surface area contributed by atoms with Crippen molar-refractivity contribution in [1.82, 2.24) is 24.6 Å². The highest BCUT2D eigenvalue weighted by Gasteiger charge is 2.20. The lowest BCUT2D eigenvalue weighted by Gasteiger charge is -2.19. The van der Waals surface area contributed by atoms with Gasteiger partial charge in [0.15, 0.2) is 0 Å². The molecule has 4 rings (SSSR count). The Morgan fingerprint density at radius 3 is 2.83 bits per heavy atom. The van der Waals surface area contributed by atoms with Crippen molar-refractivity contribution in [1.29, 1.82) is 0 Å². The molecule has 0 unspecified atom stereocenters. The molecule has 0 radical (unpaired) electrons. The van der Waals surface area contributed by atoms with Crippen LogP contribution in [0.1, 0.15) is 50.7 Å². The molecule has 0 fully saturated rings. The van der Waals surface area contributed by atoms with Gasteiger partial charge in [-0.25, -0.2) is 4.98 Å². The van der Waals surface area contributed by atoms with E-state index in [1.807, 2.05) is 24.4 Å². The third-order valence-electron chi connectivity index (χ3n) is 5.50. The molecule has 6 heteroatoms. The molecule has 0 aliphatic carbocycles. The van der Waals surface area contributed by atoms with Crippen LogP contribution in [0.4, 0.5) is 0 Å². The number of hydrogen-bond donors (Lipinski definition) is 1. The lowest BCUT2D eigenvalue weighted by Crippen LogP contribution is -2.22. The number of aromatic nitrogens is 4. The Bertz CT molecular complexity index is 980. The maximum Gasteiger partial charge on any atom is 0.119 e. The van der Waals surface area contributed by atoms with Crippen molar-refractivity contribution in [2.75, 3.05) is 7.11 Å². The third-order valence-corrected chi connectivity index (χ3v) is 5.50. The highest BCUT2D eigenvalue weighted by molar-refractivity contribution is 5.64. The monoisotopic (exact) mass is 393 g/mol. The van der Waals surface area contributed by atoms with E-state index in [1.165, 1.54) is 29.9 Å². The first-order valence-corrected chi connectivity index (χ1v) is 10.4. The van der Waals surface area contributed by atoms with Crippen LogP contribution in [0.3, 0.4) is 0 Å². The molecule has 0 atom stereocenters. The highest BCUT2D eigenvalue weighted by atomic mass is 16.5. The summed E-state index contributed by atoms with van der Waals surface area (Å²) >= 11 is 0. The van der Waals surface area contributed by atoms with Crippen LogP contribution >= 0.6 is 0 Å². The standard InChI is InChI=1S/C23H31N5O/c1-23(2,3)28-16-18(22(26-28)17-8-7-9-20(12-17)29-4)13-24-14-19-15-25-21-10-5-6-11-27(19)21/h7-9,12,15-16,24H,5-6,10-11,13-14H2,1-4H3. The van der Waals surface area contributed by atoms with Gasteiger partial charge in [0.2, 0.25) is 0 Å². The van der Waals surface area contributed by atoms with Crippen LogP contribution < -0.4 is 10.1 Å². The average molecular weight is 394 g/mol. The lowest BCUT2D eigenvalue weighted by atomic mass is 10.1. The molecule has 29 heavy (non-hydrogen) atoms. The SMILES string of the molecule is COc1cccc(-c2nn(C(C)(C)C)cc2CNCc2cnc3n2CCCC3)c1. The quantitative estimate of drug-likeness (QED) is 0.684. The van der Waals surface area contributed by atoms with Gasteiger partial charge in [0.05, 0.1) is 24.0 Å². The first-order valence-electron chi connectivity index (χ1n) is 10.4. The molecule has 0 saturated heterocycles. The Balaban J connectivity index is 1.55. The Kier molecular flexibility index (Phi) is 5.46. The van der Waals surface area contributed by atoms with Crippen molar-refractivity contribution in [2.24, 2.45) is 0 Å². The van der Waals surface area contributed by atoms with E-state index >= 15 is 0 Å². The second-order valence-electron chi connectivity index (χ2n) is 8.73. The van der Waals surface area contributed by atoms with Crippen molar-refractivity contribution in [3.05, 3.63) is 53.7 Å². The first kappa shape index (κ1) is 19.7. The van der Waals surface area contributed by atoms with Gasteiger partial charge in [0, 0.05) is 49.6 Å². The highest BCUT2D eigenvalue weighted by Crippen LogP contribution is 2.28. The van der Waals surface area contributed by atoms with Crippen LogP contribution in [0.5, 0.6) is 5.75 Å². The van der Waals surface area contributed by atoms with E-state index in [9.17, 15) is 0 Å². The summed E-state index contributed by atoms with van der Waals surface area (Å²) < 4.78 is 9.84. The molecule has 1 N–H and O–H groups in total. The Morgan fingerprint density at radius 2 is 2.03 bits per heavy atom. The molecule has 1 aliphatic heterocycles. The van der Waals surface area contributed by atoms with Gasteiger partial charge < -0.3 is 14.6 Å². The molecule has 0 amide bonds. The molecular weight excluding hydrogens is 362 g/mol. The minimum atomic E-state index is -0.0730. The Morgan fingerprint density at radius 1 is 1.17 bits per heavy atom. The maximum atomic E-state index is 5.41. The molecule has 0 bridgehead atoms. The predicted molar refractivity (Wildman–Crippen MR) is 115 cm³/mol. The predicted octanol–water partition coefficient (Wildman–Crippen LogP) is 4.14. The summed E-state index contributed by atoms with van der Waals surface area (Å²) in [6.07, 6.45) is 7.77. The normalized spacial score (nSPS) is 14.1. The van der Waals surface area contributed by atoms with Crippen molar-refractivity contribution >= 4 is 0 Å². The summed E-state index contributed by atoms with van der Waals surface area (Å²) in [6, 6.07) is 8.12. The van der Waals surface area contributed by atoms with Crippen LogP contribution in [0.15, 0.2) is 36.7 Å². The second-order valence-corrected chi connectivity index (χ2v) is 8.73. The summed E-state index contributed by atoms with van der Waals surface area (Å²) in [6.45, 7) is 9.17. The number of hydrogen-bond acceptors (Lipinski definition) is 4. The molecule has 3 aromatic rings. The number of nitrogens with one attached hydrogen (secondary N) is 1. The molecule has 3 heterocycles. The van der Waals surface area contributed by atoms with Crippen LogP contribution in [-0.4, -0.2) is 26.4 Å². The van der Waals surface area contributed by atoms with Crippen molar-refractivity contribution in [3.8, 4) is 17.0 Å². The van der Waals surface area contributed by atoms with Crippen LogP contribution in [0, 0.1) is 0 Å². The minimum Gasteiger partial charge on any atom is -0.497 e. The number of rotatable bonds is 6. The average Bonchev–Trinajstić information content (AvgIpc) is 3.33. The van der Waals surface area contributed by atoms with Gasteiger partial charge in [-0.15, -0.1) is 0 Å². The molecule has 154 valence electrons. The number of methoxy groups -OCH3 is 1. The molecule has 6 nitrogen and oxygen atoms in total. The number of imidazole rings is 1. The number of fused-ring (bicyclic) bond motifs is 1. The van der Waals surface area contributed by atoms with Gasteiger partial charge in [-0.05, 0) is 45.7 Å². The largest absolute Gasteiger partial charge is 0.497 e. The number of benzene rings is 1. The Labute approximate surface area is 172 Å². The van der Waals surface area contributed by atoms with E-state index in [0.717, 1.165) is 43.1 Å². The molecule has 1 aromatic carbocycles. The fraction of sp³-hybridized carbons (Fsp3) is 0.478. The summed E-state index contributed by atoms with van der Waals surface area (Å²) in [4.78, 5) is 4.60. The lowest BCUT2D eigenvalue weighted by molar-refractivity contribution is 0.356. The van der Waals surface area contributed by atoms with E-state index in [0.29, 0.717) is 0 Å². The van der Waals surface area contributed by atoms with E-state index in [-0.39, 0.29) is 5.54 Å². The fourth-order valence-corrected chi connectivity index (χ4v) is 3.84. The minimum absolute atomic E-state index is 0.0730. The topological polar surface area (TPSA) is 56.9 Å². The van der Waals surface area contributed by atoms with E-state index in [2.05, 4.69) is 52.6 Å². The molecule has 0 spiro atoms. The van der Waals surface area contributed by atoms with Gasteiger partial charge in [-0.1, -0.05) is 12.1 Å². The molecule has 0 saturated carbocycles. The van der Waals surface area contributed by atoms with Gasteiger partial charge in [-0.2, -0.15) is 5.10 Å². The zero-order valence-electron chi connectivity index (χ0n) is 17.9. The number of nitrogens with zero attached hydrogens (tertiary/aromatic N) is 4. The molecule has 2 aromatic heterocycles. The van der Waals surface area contributed by atoms with Gasteiger partial charge in [0.1, 0.15) is 11.6 Å². The molecule has 1 aliphatic rings. The van der Waals surface area contributed by atoms with Crippen molar-refractivity contribution < 1.29 is 4.74 Å². The van der Waals surface area contributed by atoms with Crippen molar-refractivity contribution in [2.45, 2.75) is 65.2 Å². The van der Waals surface area contributed by atoms with Crippen LogP contribution in [-0.2, 0) is 31.6 Å². The van der Waals surface area contributed by atoms with E-state index in [4.69, 9.17) is 9.84 Å². The smallest absolute Gasteiger partial charge is 0.119 e. The maximum absolute atomic E-state index is 5.41. The Hall–Kier alpha value is -2.60. The summed E-state index contributed by atoms with van der Waals surface area (Å²) in [5.41, 5.74) is 4.46. The number of aryl methyl sites for hydroxylation is 1. The third kappa shape index (κ3) is 4.22. The van der Waals surface area contributed by atoms with Gasteiger partial charge in [0.25, 0.3) is 0 Å². The fourth-order valence-electron chi connectivity index (χ4n) is 3.84. The van der Waals surface area contributed by atoms with E-state index < -0.39 is 0 Å². The zero-order valence-corrected chi connectivity index (χ0v) is 17.9. The summed E-state index contributed by atoms with van der Waals surface area (Å²) in [7, 11) is 1.70. The molecular formula is C23H31N5O. The van der Waals surface area contributed by atoms with Crippen molar-refractivity contribution in [3.63, 3.8) is 0 Å². The number of ether oxygens (including phenoxy) is 1. The first-order chi connectivity index (χ1) is 14.0. The van der Waals surface area contributed by atoms with Gasteiger partial charge >= 0.3 is 0 Å². The van der Waals surface area contributed by atoms with Crippen LogP contribution in [0.2, 0.25) is 0 Å².